The zero-order valence-electron chi connectivity index (χ0n) is 9.15. The van der Waals surface area contributed by atoms with Crippen LogP contribution in [0.1, 0.15) is 24.8 Å². The van der Waals surface area contributed by atoms with E-state index in [1.54, 1.807) is 0 Å². The smallest absolute Gasteiger partial charge is 0.0271 e. The van der Waals surface area contributed by atoms with Crippen molar-refractivity contribution in [3.63, 3.8) is 0 Å². The molecule has 1 aliphatic rings. The molecule has 1 heterocycles. The molecular formula is C12H18N2S. The number of aromatic nitrogens is 1. The Labute approximate surface area is 95.9 Å². The van der Waals surface area contributed by atoms with Gasteiger partial charge in [-0.1, -0.05) is 0 Å². The van der Waals surface area contributed by atoms with E-state index in [1.165, 1.54) is 24.8 Å². The van der Waals surface area contributed by atoms with Crippen molar-refractivity contribution in [1.29, 1.82) is 0 Å². The quantitative estimate of drug-likeness (QED) is 0.847. The number of rotatable bonds is 4. The summed E-state index contributed by atoms with van der Waals surface area (Å²) in [4.78, 5) is 4.02. The molecule has 3 heteroatoms. The third-order valence-corrected chi connectivity index (χ3v) is 4.16. The SMILES string of the molecule is CSC1CCC(NCc2ccncc2)C1. The van der Waals surface area contributed by atoms with Gasteiger partial charge in [-0.25, -0.2) is 0 Å². The fourth-order valence-corrected chi connectivity index (χ4v) is 2.90. The Balaban J connectivity index is 1.75. The summed E-state index contributed by atoms with van der Waals surface area (Å²) in [5, 5.41) is 4.50. The average molecular weight is 222 g/mol. The van der Waals surface area contributed by atoms with Crippen LogP contribution in [0, 0.1) is 0 Å². The molecule has 0 saturated heterocycles. The molecular weight excluding hydrogens is 204 g/mol. The minimum absolute atomic E-state index is 0.718. The monoisotopic (exact) mass is 222 g/mol. The molecule has 15 heavy (non-hydrogen) atoms. The first kappa shape index (κ1) is 11.0. The van der Waals surface area contributed by atoms with Crippen LogP contribution in [0.5, 0.6) is 0 Å². The van der Waals surface area contributed by atoms with Crippen LogP contribution in [0.25, 0.3) is 0 Å². The van der Waals surface area contributed by atoms with Crippen LogP contribution in [0.2, 0.25) is 0 Å². The van der Waals surface area contributed by atoms with Gasteiger partial charge in [0.05, 0.1) is 0 Å². The molecule has 0 bridgehead atoms. The van der Waals surface area contributed by atoms with Crippen molar-refractivity contribution < 1.29 is 0 Å². The second-order valence-electron chi connectivity index (χ2n) is 4.10. The van der Waals surface area contributed by atoms with Crippen LogP contribution < -0.4 is 5.32 Å². The van der Waals surface area contributed by atoms with Crippen LogP contribution in [0.15, 0.2) is 24.5 Å². The summed E-state index contributed by atoms with van der Waals surface area (Å²) in [7, 11) is 0. The molecule has 1 aromatic rings. The number of pyridine rings is 1. The van der Waals surface area contributed by atoms with Crippen molar-refractivity contribution in [2.45, 2.75) is 37.1 Å². The van der Waals surface area contributed by atoms with Crippen LogP contribution >= 0.6 is 11.8 Å². The van der Waals surface area contributed by atoms with Crippen LogP contribution in [-0.4, -0.2) is 22.5 Å². The van der Waals surface area contributed by atoms with E-state index in [9.17, 15) is 0 Å². The van der Waals surface area contributed by atoms with Gasteiger partial charge in [0.2, 0.25) is 0 Å². The van der Waals surface area contributed by atoms with Crippen LogP contribution in [-0.2, 0) is 6.54 Å². The second-order valence-corrected chi connectivity index (χ2v) is 5.24. The summed E-state index contributed by atoms with van der Waals surface area (Å²) in [5.74, 6) is 0. The summed E-state index contributed by atoms with van der Waals surface area (Å²) in [5.41, 5.74) is 1.33. The van der Waals surface area contributed by atoms with Crippen molar-refractivity contribution in [3.05, 3.63) is 30.1 Å². The molecule has 2 atom stereocenters. The highest BCUT2D eigenvalue weighted by molar-refractivity contribution is 7.99. The first-order chi connectivity index (χ1) is 7.38. The zero-order chi connectivity index (χ0) is 10.5. The molecule has 2 nitrogen and oxygen atoms in total. The number of hydrogen-bond donors (Lipinski definition) is 1. The van der Waals surface area contributed by atoms with Crippen molar-refractivity contribution in [2.75, 3.05) is 6.26 Å². The molecule has 1 N–H and O–H groups in total. The summed E-state index contributed by atoms with van der Waals surface area (Å²) >= 11 is 2.01. The lowest BCUT2D eigenvalue weighted by Crippen LogP contribution is -2.26. The summed E-state index contributed by atoms with van der Waals surface area (Å²) in [6, 6.07) is 4.87. The van der Waals surface area contributed by atoms with Crippen molar-refractivity contribution in [3.8, 4) is 0 Å². The number of nitrogens with one attached hydrogen (secondary N) is 1. The number of thioether (sulfide) groups is 1. The summed E-state index contributed by atoms with van der Waals surface area (Å²) in [6.45, 7) is 0.980. The maximum absolute atomic E-state index is 4.02. The van der Waals surface area contributed by atoms with Gasteiger partial charge in [-0.15, -0.1) is 0 Å². The molecule has 1 fully saturated rings. The van der Waals surface area contributed by atoms with Crippen molar-refractivity contribution in [1.82, 2.24) is 10.3 Å². The third-order valence-electron chi connectivity index (χ3n) is 3.06. The van der Waals surface area contributed by atoms with Gasteiger partial charge in [-0.2, -0.15) is 11.8 Å². The lowest BCUT2D eigenvalue weighted by molar-refractivity contribution is 0.525. The van der Waals surface area contributed by atoms with E-state index in [-0.39, 0.29) is 0 Å². The largest absolute Gasteiger partial charge is 0.310 e. The molecule has 1 saturated carbocycles. The molecule has 1 aromatic heterocycles. The Morgan fingerprint density at radius 3 is 2.87 bits per heavy atom. The minimum atomic E-state index is 0.718. The van der Waals surface area contributed by atoms with Gasteiger partial charge >= 0.3 is 0 Å². The number of hydrogen-bond acceptors (Lipinski definition) is 3. The molecule has 2 rings (SSSR count). The standard InChI is InChI=1S/C12H18N2S/c1-15-12-3-2-11(8-12)14-9-10-4-6-13-7-5-10/h4-7,11-12,14H,2-3,8-9H2,1H3. The highest BCUT2D eigenvalue weighted by Crippen LogP contribution is 2.28. The topological polar surface area (TPSA) is 24.9 Å². The highest BCUT2D eigenvalue weighted by atomic mass is 32.2. The van der Waals surface area contributed by atoms with Gasteiger partial charge in [-0.05, 0) is 43.2 Å². The van der Waals surface area contributed by atoms with Crippen molar-refractivity contribution in [2.24, 2.45) is 0 Å². The first-order valence-electron chi connectivity index (χ1n) is 5.53. The Kier molecular flexibility index (Phi) is 4.03. The summed E-state index contributed by atoms with van der Waals surface area (Å²) < 4.78 is 0. The molecule has 0 radical (unpaired) electrons. The maximum Gasteiger partial charge on any atom is 0.0271 e. The van der Waals surface area contributed by atoms with Gasteiger partial charge < -0.3 is 5.32 Å². The average Bonchev–Trinajstić information content (AvgIpc) is 2.76. The molecule has 1 aliphatic carbocycles. The van der Waals surface area contributed by atoms with E-state index in [4.69, 9.17) is 0 Å². The van der Waals surface area contributed by atoms with E-state index in [0.717, 1.165) is 17.8 Å². The van der Waals surface area contributed by atoms with Gasteiger partial charge in [0.15, 0.2) is 0 Å². The Hall–Kier alpha value is -0.540. The highest BCUT2D eigenvalue weighted by Gasteiger charge is 2.22. The summed E-state index contributed by atoms with van der Waals surface area (Å²) in [6.07, 6.45) is 9.96. The predicted molar refractivity (Wildman–Crippen MR) is 66.0 cm³/mol. The normalized spacial score (nSPS) is 25.7. The van der Waals surface area contributed by atoms with E-state index >= 15 is 0 Å². The van der Waals surface area contributed by atoms with E-state index < -0.39 is 0 Å². The Morgan fingerprint density at radius 2 is 2.20 bits per heavy atom. The Morgan fingerprint density at radius 1 is 1.40 bits per heavy atom. The fraction of sp³-hybridized carbons (Fsp3) is 0.583. The molecule has 0 amide bonds. The molecule has 0 aromatic carbocycles. The zero-order valence-corrected chi connectivity index (χ0v) is 9.96. The van der Waals surface area contributed by atoms with E-state index in [0.29, 0.717) is 0 Å². The number of nitrogens with zero attached hydrogens (tertiary/aromatic N) is 1. The van der Waals surface area contributed by atoms with Gasteiger partial charge in [-0.3, -0.25) is 4.98 Å². The third kappa shape index (κ3) is 3.21. The lowest BCUT2D eigenvalue weighted by atomic mass is 10.2. The van der Waals surface area contributed by atoms with E-state index in [2.05, 4.69) is 28.7 Å². The molecule has 0 aliphatic heterocycles. The predicted octanol–water partition coefficient (Wildman–Crippen LogP) is 2.46. The van der Waals surface area contributed by atoms with Crippen LogP contribution in [0.3, 0.4) is 0 Å². The second kappa shape index (κ2) is 5.52. The van der Waals surface area contributed by atoms with Crippen LogP contribution in [0.4, 0.5) is 0 Å². The molecule has 2 unspecified atom stereocenters. The first-order valence-corrected chi connectivity index (χ1v) is 6.82. The maximum atomic E-state index is 4.02. The lowest BCUT2D eigenvalue weighted by Gasteiger charge is -2.12. The minimum Gasteiger partial charge on any atom is -0.310 e. The Bertz CT molecular complexity index is 289. The fourth-order valence-electron chi connectivity index (χ4n) is 2.10. The molecule has 0 spiro atoms. The van der Waals surface area contributed by atoms with Crippen molar-refractivity contribution >= 4 is 11.8 Å². The van der Waals surface area contributed by atoms with E-state index in [1.807, 2.05) is 24.2 Å². The van der Waals surface area contributed by atoms with Gasteiger partial charge in [0.1, 0.15) is 0 Å². The van der Waals surface area contributed by atoms with Gasteiger partial charge in [0.25, 0.3) is 0 Å². The van der Waals surface area contributed by atoms with Gasteiger partial charge in [0, 0.05) is 30.2 Å². The molecule has 82 valence electrons.